The third-order valence-corrected chi connectivity index (χ3v) is 6.74. The molecule has 5 heterocycles. The lowest BCUT2D eigenvalue weighted by molar-refractivity contribution is 0.414. The van der Waals surface area contributed by atoms with E-state index < -0.39 is 0 Å². The summed E-state index contributed by atoms with van der Waals surface area (Å²) in [5.41, 5.74) is 10.3. The van der Waals surface area contributed by atoms with Crippen molar-refractivity contribution in [3.05, 3.63) is 59.9 Å². The van der Waals surface area contributed by atoms with Crippen molar-refractivity contribution in [1.29, 1.82) is 0 Å². The maximum Gasteiger partial charge on any atom is 0.229 e. The molecule has 9 nitrogen and oxygen atoms in total. The molecule has 0 spiro atoms. The third-order valence-electron chi connectivity index (χ3n) is 6.74. The lowest BCUT2D eigenvalue weighted by Crippen LogP contribution is -2.47. The number of methoxy groups -OCH3 is 1. The summed E-state index contributed by atoms with van der Waals surface area (Å²) < 4.78 is 5.31. The van der Waals surface area contributed by atoms with Crippen molar-refractivity contribution in [3.8, 4) is 5.75 Å². The van der Waals surface area contributed by atoms with Gasteiger partial charge in [-0.05, 0) is 36.2 Å². The van der Waals surface area contributed by atoms with E-state index >= 15 is 0 Å². The number of benzene rings is 1. The first-order valence-electron chi connectivity index (χ1n) is 11.5. The Balaban J connectivity index is 1.24. The standard InChI is InChI=1S/C24H28N8O/c1-33-19-4-2-17(3-5-19)16-32-11-8-20-21-22(29-28-20)26-24(27-23(21)32)31-14-12-30(13-15-31)18-6-9-25-10-7-18/h2-7,9-10,20,28H,8,11-16H2,1H3,(H,26,27,29). The zero-order valence-corrected chi connectivity index (χ0v) is 18.7. The molecular formula is C24H28N8O. The highest BCUT2D eigenvalue weighted by atomic mass is 16.5. The number of hydrogen-bond donors (Lipinski definition) is 2. The number of hydrazine groups is 1. The monoisotopic (exact) mass is 444 g/mol. The summed E-state index contributed by atoms with van der Waals surface area (Å²) in [5.74, 6) is 3.63. The van der Waals surface area contributed by atoms with E-state index in [0.29, 0.717) is 0 Å². The maximum absolute atomic E-state index is 5.31. The van der Waals surface area contributed by atoms with Gasteiger partial charge in [0.05, 0.1) is 18.7 Å². The average molecular weight is 445 g/mol. The molecule has 0 aliphatic carbocycles. The van der Waals surface area contributed by atoms with Crippen LogP contribution in [0.4, 0.5) is 23.3 Å². The first-order valence-corrected chi connectivity index (χ1v) is 11.5. The van der Waals surface area contributed by atoms with Crippen molar-refractivity contribution in [1.82, 2.24) is 20.4 Å². The van der Waals surface area contributed by atoms with Crippen molar-refractivity contribution >= 4 is 23.3 Å². The van der Waals surface area contributed by atoms with Crippen LogP contribution in [0.5, 0.6) is 5.75 Å². The number of pyridine rings is 1. The summed E-state index contributed by atoms with van der Waals surface area (Å²) in [7, 11) is 1.70. The second kappa shape index (κ2) is 8.40. The first-order chi connectivity index (χ1) is 16.3. The van der Waals surface area contributed by atoms with Gasteiger partial charge in [-0.15, -0.1) is 0 Å². The Bertz CT molecular complexity index is 1120. The minimum Gasteiger partial charge on any atom is -0.497 e. The van der Waals surface area contributed by atoms with Crippen molar-refractivity contribution in [3.63, 3.8) is 0 Å². The number of piperazine rings is 1. The Kier molecular flexibility index (Phi) is 5.10. The van der Waals surface area contributed by atoms with Crippen LogP contribution in [-0.4, -0.2) is 54.8 Å². The van der Waals surface area contributed by atoms with Crippen LogP contribution in [0.3, 0.4) is 0 Å². The normalized spacial score (nSPS) is 19.3. The summed E-state index contributed by atoms with van der Waals surface area (Å²) in [6.07, 6.45) is 4.72. The van der Waals surface area contributed by atoms with E-state index in [2.05, 4.69) is 54.8 Å². The second-order valence-corrected chi connectivity index (χ2v) is 8.67. The van der Waals surface area contributed by atoms with E-state index in [1.54, 1.807) is 7.11 Å². The summed E-state index contributed by atoms with van der Waals surface area (Å²) in [4.78, 5) is 21.2. The van der Waals surface area contributed by atoms with Crippen molar-refractivity contribution < 1.29 is 4.74 Å². The SMILES string of the molecule is COc1ccc(CN2CCC3NNc4nc(N5CCN(c6ccncc6)CC5)nc2c43)cc1. The average Bonchev–Trinajstić information content (AvgIpc) is 3.30. The fourth-order valence-electron chi connectivity index (χ4n) is 4.90. The minimum atomic E-state index is 0.264. The van der Waals surface area contributed by atoms with Crippen LogP contribution in [0.2, 0.25) is 0 Å². The maximum atomic E-state index is 5.31. The van der Waals surface area contributed by atoms with Gasteiger partial charge < -0.3 is 24.9 Å². The molecule has 1 atom stereocenters. The van der Waals surface area contributed by atoms with E-state index in [1.807, 2.05) is 24.5 Å². The van der Waals surface area contributed by atoms with Crippen LogP contribution in [0.1, 0.15) is 23.6 Å². The minimum absolute atomic E-state index is 0.264. The van der Waals surface area contributed by atoms with Gasteiger partial charge in [0.2, 0.25) is 5.95 Å². The Morgan fingerprint density at radius 1 is 0.939 bits per heavy atom. The van der Waals surface area contributed by atoms with Crippen LogP contribution in [-0.2, 0) is 6.54 Å². The molecule has 0 saturated carbocycles. The molecule has 0 radical (unpaired) electrons. The number of nitrogens with zero attached hydrogens (tertiary/aromatic N) is 6. The quantitative estimate of drug-likeness (QED) is 0.617. The Hall–Kier alpha value is -3.59. The van der Waals surface area contributed by atoms with Gasteiger partial charge in [-0.1, -0.05) is 12.1 Å². The fraction of sp³-hybridized carbons (Fsp3) is 0.375. The third kappa shape index (κ3) is 3.78. The highest BCUT2D eigenvalue weighted by Gasteiger charge is 2.35. The molecule has 6 rings (SSSR count). The fourth-order valence-corrected chi connectivity index (χ4v) is 4.90. The molecule has 9 heteroatoms. The van der Waals surface area contributed by atoms with Crippen LogP contribution < -0.4 is 30.3 Å². The van der Waals surface area contributed by atoms with Crippen LogP contribution in [0.15, 0.2) is 48.8 Å². The summed E-state index contributed by atoms with van der Waals surface area (Å²) in [5, 5.41) is 0. The van der Waals surface area contributed by atoms with E-state index in [4.69, 9.17) is 14.7 Å². The molecule has 0 amide bonds. The molecule has 2 aromatic heterocycles. The number of nitrogens with one attached hydrogen (secondary N) is 2. The Labute approximate surface area is 193 Å². The van der Waals surface area contributed by atoms with Gasteiger partial charge in [0.15, 0.2) is 5.82 Å². The molecule has 1 saturated heterocycles. The van der Waals surface area contributed by atoms with Crippen molar-refractivity contribution in [2.24, 2.45) is 0 Å². The van der Waals surface area contributed by atoms with Gasteiger partial charge in [-0.3, -0.25) is 4.98 Å². The molecule has 170 valence electrons. The van der Waals surface area contributed by atoms with E-state index in [0.717, 1.165) is 69.0 Å². The van der Waals surface area contributed by atoms with Crippen molar-refractivity contribution in [2.45, 2.75) is 19.0 Å². The van der Waals surface area contributed by atoms with Gasteiger partial charge >= 0.3 is 0 Å². The van der Waals surface area contributed by atoms with Crippen molar-refractivity contribution in [2.75, 3.05) is 60.0 Å². The molecule has 1 unspecified atom stereocenters. The van der Waals surface area contributed by atoms with Gasteiger partial charge in [-0.25, -0.2) is 5.43 Å². The molecule has 3 aliphatic rings. The number of ether oxygens (including phenoxy) is 1. The van der Waals surface area contributed by atoms with Crippen LogP contribution in [0, 0.1) is 0 Å². The van der Waals surface area contributed by atoms with Gasteiger partial charge in [-0.2, -0.15) is 9.97 Å². The zero-order valence-electron chi connectivity index (χ0n) is 18.7. The smallest absolute Gasteiger partial charge is 0.229 e. The Morgan fingerprint density at radius 3 is 2.45 bits per heavy atom. The summed E-state index contributed by atoms with van der Waals surface area (Å²) >= 11 is 0. The lowest BCUT2D eigenvalue weighted by Gasteiger charge is -2.37. The predicted octanol–water partition coefficient (Wildman–Crippen LogP) is 2.59. The van der Waals surface area contributed by atoms with E-state index in [1.165, 1.54) is 16.8 Å². The zero-order chi connectivity index (χ0) is 22.2. The molecule has 33 heavy (non-hydrogen) atoms. The molecule has 3 aliphatic heterocycles. The summed E-state index contributed by atoms with van der Waals surface area (Å²) in [6, 6.07) is 12.7. The van der Waals surface area contributed by atoms with Crippen LogP contribution >= 0.6 is 0 Å². The molecule has 3 aromatic rings. The largest absolute Gasteiger partial charge is 0.497 e. The molecule has 1 fully saturated rings. The summed E-state index contributed by atoms with van der Waals surface area (Å²) in [6.45, 7) is 5.40. The number of rotatable bonds is 5. The molecule has 0 bridgehead atoms. The molecule has 2 N–H and O–H groups in total. The topological polar surface area (TPSA) is 81.7 Å². The van der Waals surface area contributed by atoms with E-state index in [-0.39, 0.29) is 6.04 Å². The molecular weight excluding hydrogens is 416 g/mol. The lowest BCUT2D eigenvalue weighted by atomic mass is 10.0. The van der Waals surface area contributed by atoms with Crippen LogP contribution in [0.25, 0.3) is 0 Å². The number of hydrogen-bond acceptors (Lipinski definition) is 9. The van der Waals surface area contributed by atoms with Gasteiger partial charge in [0, 0.05) is 57.3 Å². The van der Waals surface area contributed by atoms with Gasteiger partial charge in [0.1, 0.15) is 11.6 Å². The first kappa shape index (κ1) is 20.0. The second-order valence-electron chi connectivity index (χ2n) is 8.67. The number of anilines is 4. The van der Waals surface area contributed by atoms with Gasteiger partial charge in [0.25, 0.3) is 0 Å². The number of aromatic nitrogens is 3. The highest BCUT2D eigenvalue weighted by Crippen LogP contribution is 2.41. The Morgan fingerprint density at radius 2 is 1.70 bits per heavy atom. The molecule has 1 aromatic carbocycles. The highest BCUT2D eigenvalue weighted by molar-refractivity contribution is 5.67. The predicted molar refractivity (Wildman–Crippen MR) is 129 cm³/mol. The van der Waals surface area contributed by atoms with E-state index in [9.17, 15) is 0 Å².